The first-order valence-electron chi connectivity index (χ1n) is 5.21. The number of rotatable bonds is 1. The highest BCUT2D eigenvalue weighted by molar-refractivity contribution is 6.00. The van der Waals surface area contributed by atoms with Crippen molar-refractivity contribution < 1.29 is 14.7 Å². The smallest absolute Gasteiger partial charge is 0.327 e. The van der Waals surface area contributed by atoms with Crippen LogP contribution in [0.25, 0.3) is 0 Å². The number of urea groups is 1. The number of hydrogen-bond donors (Lipinski definition) is 3. The van der Waals surface area contributed by atoms with Crippen LogP contribution >= 0.6 is 0 Å². The molecule has 3 unspecified atom stereocenters. The Morgan fingerprint density at radius 2 is 2.12 bits per heavy atom. The Morgan fingerprint density at radius 3 is 2.75 bits per heavy atom. The van der Waals surface area contributed by atoms with Gasteiger partial charge in [-0.2, -0.15) is 0 Å². The molecular weight excluding hydrogens is 212 g/mol. The Bertz CT molecular complexity index is 322. The Balaban J connectivity index is 2.20. The number of carbonyl (C=O) groups is 2. The minimum Gasteiger partial charge on any atom is -0.395 e. The molecule has 16 heavy (non-hydrogen) atoms. The predicted octanol–water partition coefficient (Wildman–Crippen LogP) is -2.24. The van der Waals surface area contributed by atoms with E-state index in [0.29, 0.717) is 6.54 Å². The van der Waals surface area contributed by atoms with E-state index in [9.17, 15) is 9.59 Å². The fraction of sp³-hybridized carbons (Fsp3) is 0.778. The van der Waals surface area contributed by atoms with Gasteiger partial charge in [0.1, 0.15) is 12.2 Å². The van der Waals surface area contributed by atoms with E-state index in [1.54, 1.807) is 7.05 Å². The number of carbonyl (C=O) groups excluding carboxylic acids is 2. The number of nitrogens with one attached hydrogen (secondary N) is 2. The second kappa shape index (κ2) is 4.00. The molecule has 0 aromatic rings. The van der Waals surface area contributed by atoms with Gasteiger partial charge in [0, 0.05) is 26.7 Å². The number of aliphatic hydroxyl groups excluding tert-OH is 1. The van der Waals surface area contributed by atoms with Gasteiger partial charge in [0.2, 0.25) is 0 Å². The number of imide groups is 1. The van der Waals surface area contributed by atoms with Crippen LogP contribution in [0.4, 0.5) is 4.79 Å². The summed E-state index contributed by atoms with van der Waals surface area (Å²) in [7, 11) is 3.11. The normalized spacial score (nSPS) is 35.3. The van der Waals surface area contributed by atoms with Crippen LogP contribution in [-0.2, 0) is 4.79 Å². The molecule has 2 aliphatic heterocycles. The van der Waals surface area contributed by atoms with Gasteiger partial charge in [-0.3, -0.25) is 15.0 Å². The predicted molar refractivity (Wildman–Crippen MR) is 55.5 cm³/mol. The maximum atomic E-state index is 11.8. The molecule has 2 saturated heterocycles. The highest BCUT2D eigenvalue weighted by atomic mass is 16.3. The van der Waals surface area contributed by atoms with Gasteiger partial charge in [0.05, 0.1) is 6.61 Å². The average molecular weight is 228 g/mol. The van der Waals surface area contributed by atoms with Gasteiger partial charge in [0.25, 0.3) is 5.91 Å². The minimum atomic E-state index is -0.435. The lowest BCUT2D eigenvalue weighted by Crippen LogP contribution is -2.75. The monoisotopic (exact) mass is 228 g/mol. The lowest BCUT2D eigenvalue weighted by molar-refractivity contribution is -0.136. The second-order valence-corrected chi connectivity index (χ2v) is 4.17. The average Bonchev–Trinajstić information content (AvgIpc) is 2.33. The van der Waals surface area contributed by atoms with Crippen molar-refractivity contribution >= 4 is 11.9 Å². The van der Waals surface area contributed by atoms with Crippen LogP contribution in [0.3, 0.4) is 0 Å². The van der Waals surface area contributed by atoms with Crippen molar-refractivity contribution in [3.63, 3.8) is 0 Å². The standard InChI is InChI=1S/C9H16N4O3/c1-12-7-6(8(15)13(2)9(12)16)10-3-5(4-14)11-7/h5-7,10-11,14H,3-4H2,1-2H3. The van der Waals surface area contributed by atoms with Crippen molar-refractivity contribution in [1.29, 1.82) is 0 Å². The first kappa shape index (κ1) is 11.3. The molecule has 0 aliphatic carbocycles. The summed E-state index contributed by atoms with van der Waals surface area (Å²) < 4.78 is 0. The molecule has 7 heteroatoms. The highest BCUT2D eigenvalue weighted by Crippen LogP contribution is 2.16. The van der Waals surface area contributed by atoms with Crippen molar-refractivity contribution in [3.05, 3.63) is 0 Å². The van der Waals surface area contributed by atoms with Gasteiger partial charge < -0.3 is 15.3 Å². The molecule has 3 amide bonds. The van der Waals surface area contributed by atoms with Gasteiger partial charge >= 0.3 is 6.03 Å². The summed E-state index contributed by atoms with van der Waals surface area (Å²) in [6, 6.07) is -0.901. The third kappa shape index (κ3) is 1.57. The summed E-state index contributed by atoms with van der Waals surface area (Å²) >= 11 is 0. The first-order chi connectivity index (χ1) is 7.56. The molecule has 2 fully saturated rings. The van der Waals surface area contributed by atoms with Crippen molar-refractivity contribution in [3.8, 4) is 0 Å². The van der Waals surface area contributed by atoms with Crippen LogP contribution in [-0.4, -0.2) is 72.3 Å². The van der Waals surface area contributed by atoms with Crippen molar-refractivity contribution in [2.75, 3.05) is 27.2 Å². The lowest BCUT2D eigenvalue weighted by Gasteiger charge is -2.46. The fourth-order valence-corrected chi connectivity index (χ4v) is 2.11. The zero-order valence-corrected chi connectivity index (χ0v) is 9.30. The number of amides is 3. The van der Waals surface area contributed by atoms with E-state index < -0.39 is 6.04 Å². The molecule has 3 N–H and O–H groups in total. The number of hydrogen-bond acceptors (Lipinski definition) is 5. The zero-order valence-electron chi connectivity index (χ0n) is 9.30. The van der Waals surface area contributed by atoms with E-state index in [2.05, 4.69) is 10.6 Å². The van der Waals surface area contributed by atoms with Crippen LogP contribution in [0.5, 0.6) is 0 Å². The molecule has 0 aromatic carbocycles. The van der Waals surface area contributed by atoms with Gasteiger partial charge in [-0.1, -0.05) is 0 Å². The van der Waals surface area contributed by atoms with Crippen molar-refractivity contribution in [2.24, 2.45) is 0 Å². The Kier molecular flexibility index (Phi) is 2.83. The molecule has 3 atom stereocenters. The number of piperazine rings is 1. The van der Waals surface area contributed by atoms with Crippen LogP contribution in [0.15, 0.2) is 0 Å². The fourth-order valence-electron chi connectivity index (χ4n) is 2.11. The molecule has 0 aromatic heterocycles. The van der Waals surface area contributed by atoms with E-state index >= 15 is 0 Å². The van der Waals surface area contributed by atoms with Gasteiger partial charge in [-0.25, -0.2) is 4.79 Å². The Morgan fingerprint density at radius 1 is 1.44 bits per heavy atom. The molecule has 90 valence electrons. The number of aliphatic hydroxyl groups is 1. The molecular formula is C9H16N4O3. The van der Waals surface area contributed by atoms with E-state index in [1.807, 2.05) is 0 Å². The van der Waals surface area contributed by atoms with E-state index in [-0.39, 0.29) is 30.8 Å². The number of nitrogens with zero attached hydrogens (tertiary/aromatic N) is 2. The number of likely N-dealkylation sites (N-methyl/N-ethyl adjacent to an activating group) is 2. The maximum Gasteiger partial charge on any atom is 0.327 e. The largest absolute Gasteiger partial charge is 0.395 e. The minimum absolute atomic E-state index is 0.0255. The summed E-state index contributed by atoms with van der Waals surface area (Å²) in [4.78, 5) is 26.1. The van der Waals surface area contributed by atoms with Crippen molar-refractivity contribution in [2.45, 2.75) is 18.2 Å². The first-order valence-corrected chi connectivity index (χ1v) is 5.21. The molecule has 7 nitrogen and oxygen atoms in total. The maximum absolute atomic E-state index is 11.8. The molecule has 2 heterocycles. The van der Waals surface area contributed by atoms with Crippen LogP contribution in [0, 0.1) is 0 Å². The summed E-state index contributed by atoms with van der Waals surface area (Å²) in [5.41, 5.74) is 0. The third-order valence-corrected chi connectivity index (χ3v) is 3.13. The molecule has 0 radical (unpaired) electrons. The lowest BCUT2D eigenvalue weighted by atomic mass is 10.0. The quantitative estimate of drug-likeness (QED) is 0.472. The summed E-state index contributed by atoms with van der Waals surface area (Å²) in [6.45, 7) is 0.488. The van der Waals surface area contributed by atoms with E-state index in [4.69, 9.17) is 5.11 Å². The molecule has 0 bridgehead atoms. The molecule has 2 rings (SSSR count). The van der Waals surface area contributed by atoms with E-state index in [1.165, 1.54) is 11.9 Å². The summed E-state index contributed by atoms with van der Waals surface area (Å²) in [6.07, 6.45) is -0.387. The third-order valence-electron chi connectivity index (χ3n) is 3.13. The highest BCUT2D eigenvalue weighted by Gasteiger charge is 2.45. The second-order valence-electron chi connectivity index (χ2n) is 4.17. The zero-order chi connectivity index (χ0) is 11.9. The van der Waals surface area contributed by atoms with Gasteiger partial charge in [-0.05, 0) is 0 Å². The topological polar surface area (TPSA) is 84.9 Å². The van der Waals surface area contributed by atoms with Crippen LogP contribution in [0.2, 0.25) is 0 Å². The van der Waals surface area contributed by atoms with Gasteiger partial charge in [0.15, 0.2) is 0 Å². The molecule has 0 saturated carbocycles. The molecule has 2 aliphatic rings. The van der Waals surface area contributed by atoms with Gasteiger partial charge in [-0.15, -0.1) is 0 Å². The van der Waals surface area contributed by atoms with E-state index in [0.717, 1.165) is 4.90 Å². The van der Waals surface area contributed by atoms with Crippen molar-refractivity contribution in [1.82, 2.24) is 20.4 Å². The number of fused-ring (bicyclic) bond motifs is 1. The Labute approximate surface area is 93.4 Å². The van der Waals surface area contributed by atoms with Crippen LogP contribution in [0.1, 0.15) is 0 Å². The SMILES string of the molecule is CN1C(=O)C2NCC(CO)NC2N(C)C1=O. The summed E-state index contributed by atoms with van der Waals surface area (Å²) in [5, 5.41) is 15.2. The summed E-state index contributed by atoms with van der Waals surface area (Å²) in [5.74, 6) is -0.239. The Hall–Kier alpha value is -1.18. The molecule has 0 spiro atoms. The van der Waals surface area contributed by atoms with Crippen LogP contribution < -0.4 is 10.6 Å².